The molecule has 0 bridgehead atoms. The Bertz CT molecular complexity index is 350. The molecule has 0 heterocycles. The summed E-state index contributed by atoms with van der Waals surface area (Å²) in [5, 5.41) is 3.68. The molecule has 0 saturated carbocycles. The number of nitrogens with zero attached hydrogens (tertiary/aromatic N) is 1. The van der Waals surface area contributed by atoms with Gasteiger partial charge in [-0.25, -0.2) is 8.78 Å². The molecule has 1 aromatic carbocycles. The molecule has 0 unspecified atom stereocenters. The van der Waals surface area contributed by atoms with Crippen molar-refractivity contribution in [1.82, 2.24) is 0 Å². The van der Waals surface area contributed by atoms with Crippen LogP contribution < -0.4 is 0 Å². The van der Waals surface area contributed by atoms with E-state index in [1.54, 1.807) is 6.21 Å². The second-order valence-electron chi connectivity index (χ2n) is 3.52. The summed E-state index contributed by atoms with van der Waals surface area (Å²) in [6.07, 6.45) is 1.64. The van der Waals surface area contributed by atoms with Gasteiger partial charge in [-0.15, -0.1) is 0 Å². The number of oxime groups is 1. The molecule has 0 N–H and O–H groups in total. The maximum atomic E-state index is 12.7. The van der Waals surface area contributed by atoms with Crippen molar-refractivity contribution in [2.75, 3.05) is 0 Å². The number of hydrogen-bond acceptors (Lipinski definition) is 2. The van der Waals surface area contributed by atoms with Gasteiger partial charge in [0.05, 0.1) is 0 Å². The molecule has 0 atom stereocenters. The zero-order valence-electron chi connectivity index (χ0n) is 8.71. The highest BCUT2D eigenvalue weighted by molar-refractivity contribution is 5.58. The normalized spacial score (nSPS) is 11.3. The molecule has 15 heavy (non-hydrogen) atoms. The van der Waals surface area contributed by atoms with E-state index < -0.39 is 11.6 Å². The highest BCUT2D eigenvalue weighted by Gasteiger charge is 2.02. The summed E-state index contributed by atoms with van der Waals surface area (Å²) in [5.41, 5.74) is 0.551. The fourth-order valence-electron chi connectivity index (χ4n) is 0.906. The Morgan fingerprint density at radius 3 is 2.67 bits per heavy atom. The first-order valence-corrected chi connectivity index (χ1v) is 4.69. The van der Waals surface area contributed by atoms with E-state index in [9.17, 15) is 8.78 Å². The fourth-order valence-corrected chi connectivity index (χ4v) is 0.906. The molecule has 1 aromatic rings. The Morgan fingerprint density at radius 2 is 2.07 bits per heavy atom. The highest BCUT2D eigenvalue weighted by atomic mass is 19.2. The van der Waals surface area contributed by atoms with Gasteiger partial charge in [0, 0.05) is 6.21 Å². The maximum absolute atomic E-state index is 12.7. The summed E-state index contributed by atoms with van der Waals surface area (Å²) in [5.74, 6) is -1.43. The minimum atomic E-state index is -0.871. The molecule has 0 saturated heterocycles. The average molecular weight is 213 g/mol. The monoisotopic (exact) mass is 213 g/mol. The quantitative estimate of drug-likeness (QED) is 0.556. The van der Waals surface area contributed by atoms with Gasteiger partial charge in [0.25, 0.3) is 0 Å². The van der Waals surface area contributed by atoms with Crippen LogP contribution in [0.3, 0.4) is 0 Å². The molecule has 0 aromatic heterocycles. The highest BCUT2D eigenvalue weighted by Crippen LogP contribution is 2.09. The summed E-state index contributed by atoms with van der Waals surface area (Å²) in [7, 11) is 0. The molecule has 0 aliphatic rings. The Balaban J connectivity index is 2.48. The summed E-state index contributed by atoms with van der Waals surface area (Å²) >= 11 is 0. The van der Waals surface area contributed by atoms with Gasteiger partial charge in [-0.1, -0.05) is 25.1 Å². The molecule has 0 fully saturated rings. The zero-order chi connectivity index (χ0) is 11.3. The Labute approximate surface area is 87.6 Å². The van der Waals surface area contributed by atoms with Crippen LogP contribution >= 0.6 is 0 Å². The lowest BCUT2D eigenvalue weighted by atomic mass is 10.2. The van der Waals surface area contributed by atoms with Crippen molar-refractivity contribution < 1.29 is 13.6 Å². The van der Waals surface area contributed by atoms with E-state index in [1.165, 1.54) is 6.07 Å². The first kappa shape index (κ1) is 11.6. The smallest absolute Gasteiger partial charge is 0.159 e. The number of halogens is 2. The largest absolute Gasteiger partial charge is 0.391 e. The second kappa shape index (κ2) is 5.44. The van der Waals surface area contributed by atoms with Gasteiger partial charge < -0.3 is 4.84 Å². The third-order valence-electron chi connectivity index (χ3n) is 1.65. The van der Waals surface area contributed by atoms with Crippen LogP contribution in [0.5, 0.6) is 0 Å². The molecule has 0 radical (unpaired) electrons. The first-order chi connectivity index (χ1) is 7.09. The van der Waals surface area contributed by atoms with Gasteiger partial charge in [-0.3, -0.25) is 0 Å². The number of hydrogen-bond donors (Lipinski definition) is 0. The molecule has 1 rings (SSSR count). The topological polar surface area (TPSA) is 21.6 Å². The lowest BCUT2D eigenvalue weighted by molar-refractivity contribution is 0.130. The van der Waals surface area contributed by atoms with Crippen LogP contribution in [-0.4, -0.2) is 6.21 Å². The van der Waals surface area contributed by atoms with Crippen molar-refractivity contribution in [3.05, 3.63) is 35.4 Å². The Kier molecular flexibility index (Phi) is 4.21. The van der Waals surface area contributed by atoms with E-state index in [4.69, 9.17) is 4.84 Å². The summed E-state index contributed by atoms with van der Waals surface area (Å²) in [4.78, 5) is 4.91. The van der Waals surface area contributed by atoms with Gasteiger partial charge in [-0.2, -0.15) is 0 Å². The third-order valence-corrected chi connectivity index (χ3v) is 1.65. The molecular weight excluding hydrogens is 200 g/mol. The second-order valence-corrected chi connectivity index (χ2v) is 3.52. The molecule has 0 amide bonds. The van der Waals surface area contributed by atoms with Gasteiger partial charge in [0.1, 0.15) is 6.61 Å². The average Bonchev–Trinajstić information content (AvgIpc) is 2.18. The van der Waals surface area contributed by atoms with Crippen molar-refractivity contribution >= 4 is 6.21 Å². The molecule has 0 aliphatic carbocycles. The van der Waals surface area contributed by atoms with Gasteiger partial charge in [0.2, 0.25) is 0 Å². The molecule has 0 spiro atoms. The molecule has 0 aliphatic heterocycles. The molecule has 82 valence electrons. The Hall–Kier alpha value is -1.45. The molecule has 4 heteroatoms. The van der Waals surface area contributed by atoms with Crippen LogP contribution in [0.15, 0.2) is 23.4 Å². The van der Waals surface area contributed by atoms with Crippen molar-refractivity contribution in [2.24, 2.45) is 11.1 Å². The van der Waals surface area contributed by atoms with Crippen molar-refractivity contribution in [1.29, 1.82) is 0 Å². The van der Waals surface area contributed by atoms with E-state index in [2.05, 4.69) is 5.16 Å². The summed E-state index contributed by atoms with van der Waals surface area (Å²) in [6, 6.07) is 3.63. The van der Waals surface area contributed by atoms with E-state index in [0.717, 1.165) is 12.1 Å². The van der Waals surface area contributed by atoms with Gasteiger partial charge in [0.15, 0.2) is 11.6 Å². The van der Waals surface area contributed by atoms with E-state index >= 15 is 0 Å². The number of benzene rings is 1. The van der Waals surface area contributed by atoms with E-state index in [1.807, 2.05) is 13.8 Å². The van der Waals surface area contributed by atoms with E-state index in [0.29, 0.717) is 11.5 Å². The van der Waals surface area contributed by atoms with Crippen molar-refractivity contribution in [3.8, 4) is 0 Å². The van der Waals surface area contributed by atoms with Crippen LogP contribution in [0.1, 0.15) is 19.4 Å². The standard InChI is InChI=1S/C11H13F2NO/c1-8(2)6-14-15-7-9-3-4-10(12)11(13)5-9/h3-6,8H,7H2,1-2H3. The van der Waals surface area contributed by atoms with Gasteiger partial charge in [-0.05, 0) is 23.6 Å². The van der Waals surface area contributed by atoms with Crippen LogP contribution in [-0.2, 0) is 11.4 Å². The zero-order valence-corrected chi connectivity index (χ0v) is 8.71. The van der Waals surface area contributed by atoms with Crippen LogP contribution in [0.2, 0.25) is 0 Å². The Morgan fingerprint density at radius 1 is 1.33 bits per heavy atom. The molecule has 2 nitrogen and oxygen atoms in total. The van der Waals surface area contributed by atoms with Crippen molar-refractivity contribution in [2.45, 2.75) is 20.5 Å². The maximum Gasteiger partial charge on any atom is 0.159 e. The van der Waals surface area contributed by atoms with Crippen LogP contribution in [0, 0.1) is 17.6 Å². The lowest BCUT2D eigenvalue weighted by Crippen LogP contribution is -1.93. The van der Waals surface area contributed by atoms with Crippen molar-refractivity contribution in [3.63, 3.8) is 0 Å². The van der Waals surface area contributed by atoms with E-state index in [-0.39, 0.29) is 6.61 Å². The minimum absolute atomic E-state index is 0.139. The predicted octanol–water partition coefficient (Wildman–Crippen LogP) is 3.12. The first-order valence-electron chi connectivity index (χ1n) is 4.69. The number of rotatable bonds is 4. The van der Waals surface area contributed by atoms with Crippen LogP contribution in [0.25, 0.3) is 0 Å². The fraction of sp³-hybridized carbons (Fsp3) is 0.364. The predicted molar refractivity (Wildman–Crippen MR) is 54.5 cm³/mol. The molecular formula is C11H13F2NO. The van der Waals surface area contributed by atoms with Crippen LogP contribution in [0.4, 0.5) is 8.78 Å². The van der Waals surface area contributed by atoms with Gasteiger partial charge >= 0.3 is 0 Å². The third kappa shape index (κ3) is 4.06. The summed E-state index contributed by atoms with van der Waals surface area (Å²) < 4.78 is 25.3. The minimum Gasteiger partial charge on any atom is -0.391 e. The SMILES string of the molecule is CC(C)C=NOCc1ccc(F)c(F)c1. The summed E-state index contributed by atoms with van der Waals surface area (Å²) in [6.45, 7) is 4.06. The lowest BCUT2D eigenvalue weighted by Gasteiger charge is -2.01.